The second-order valence-corrected chi connectivity index (χ2v) is 7.12. The Morgan fingerprint density at radius 1 is 1.26 bits per heavy atom. The summed E-state index contributed by atoms with van der Waals surface area (Å²) in [6.07, 6.45) is 3.13. The Bertz CT molecular complexity index is 697. The summed E-state index contributed by atoms with van der Waals surface area (Å²) < 4.78 is 0. The van der Waals surface area contributed by atoms with Crippen LogP contribution < -0.4 is 11.1 Å². The lowest BCUT2D eigenvalue weighted by Gasteiger charge is -2.26. The molecule has 4 heteroatoms. The molecule has 0 aliphatic heterocycles. The summed E-state index contributed by atoms with van der Waals surface area (Å²) in [7, 11) is 0. The van der Waals surface area contributed by atoms with Gasteiger partial charge in [0.1, 0.15) is 0 Å². The van der Waals surface area contributed by atoms with E-state index in [9.17, 15) is 4.79 Å². The summed E-state index contributed by atoms with van der Waals surface area (Å²) in [5.41, 5.74) is 10.4. The third-order valence-electron chi connectivity index (χ3n) is 4.21. The Morgan fingerprint density at radius 3 is 2.83 bits per heavy atom. The predicted molar refractivity (Wildman–Crippen MR) is 96.6 cm³/mol. The van der Waals surface area contributed by atoms with Crippen molar-refractivity contribution in [1.82, 2.24) is 5.32 Å². The molecule has 1 amide bonds. The zero-order valence-electron chi connectivity index (χ0n) is 13.3. The first-order valence-corrected chi connectivity index (χ1v) is 8.97. The molecule has 0 spiro atoms. The molecule has 1 atom stereocenters. The van der Waals surface area contributed by atoms with Crippen molar-refractivity contribution in [3.63, 3.8) is 0 Å². The van der Waals surface area contributed by atoms with Gasteiger partial charge in [0.25, 0.3) is 0 Å². The van der Waals surface area contributed by atoms with Crippen LogP contribution in [0.5, 0.6) is 0 Å². The fourth-order valence-corrected chi connectivity index (χ4v) is 3.71. The molecule has 2 aromatic rings. The number of anilines is 1. The molecule has 23 heavy (non-hydrogen) atoms. The van der Waals surface area contributed by atoms with Crippen LogP contribution in [-0.2, 0) is 11.2 Å². The number of hydrogen-bond acceptors (Lipinski definition) is 3. The highest BCUT2D eigenvalue weighted by Gasteiger charge is 2.21. The molecule has 1 unspecified atom stereocenters. The number of nitrogens with two attached hydrogens (primary N) is 1. The van der Waals surface area contributed by atoms with Crippen LogP contribution in [0.4, 0.5) is 5.69 Å². The van der Waals surface area contributed by atoms with E-state index in [-0.39, 0.29) is 11.9 Å². The highest BCUT2D eigenvalue weighted by Crippen LogP contribution is 2.31. The van der Waals surface area contributed by atoms with Crippen LogP contribution >= 0.6 is 11.8 Å². The fourth-order valence-electron chi connectivity index (χ4n) is 3.00. The molecule has 3 N–H and O–H groups in total. The van der Waals surface area contributed by atoms with Gasteiger partial charge in [-0.3, -0.25) is 4.79 Å². The topological polar surface area (TPSA) is 55.1 Å². The van der Waals surface area contributed by atoms with Gasteiger partial charge in [-0.15, -0.1) is 11.8 Å². The third kappa shape index (κ3) is 4.08. The average molecular weight is 326 g/mol. The van der Waals surface area contributed by atoms with Gasteiger partial charge in [0.05, 0.1) is 11.8 Å². The zero-order valence-corrected chi connectivity index (χ0v) is 14.2. The summed E-state index contributed by atoms with van der Waals surface area (Å²) in [5, 5.41) is 3.18. The first kappa shape index (κ1) is 15.9. The van der Waals surface area contributed by atoms with Crippen LogP contribution in [0.15, 0.2) is 47.4 Å². The molecule has 0 fully saturated rings. The molecule has 0 heterocycles. The van der Waals surface area contributed by atoms with E-state index in [2.05, 4.69) is 42.6 Å². The van der Waals surface area contributed by atoms with Crippen LogP contribution in [0.3, 0.4) is 0 Å². The highest BCUT2D eigenvalue weighted by atomic mass is 32.2. The molecule has 3 nitrogen and oxygen atoms in total. The summed E-state index contributed by atoms with van der Waals surface area (Å²) in [6.45, 7) is 2.06. The van der Waals surface area contributed by atoms with Crippen molar-refractivity contribution in [2.75, 3.05) is 11.5 Å². The van der Waals surface area contributed by atoms with Crippen molar-refractivity contribution in [1.29, 1.82) is 0 Å². The van der Waals surface area contributed by atoms with Gasteiger partial charge in [-0.25, -0.2) is 0 Å². The molecule has 0 saturated heterocycles. The molecule has 0 aromatic heterocycles. The van der Waals surface area contributed by atoms with Crippen molar-refractivity contribution >= 4 is 23.4 Å². The molecule has 2 aromatic carbocycles. The fraction of sp³-hybridized carbons (Fsp3) is 0.316. The van der Waals surface area contributed by atoms with Crippen molar-refractivity contribution < 1.29 is 4.79 Å². The smallest absolute Gasteiger partial charge is 0.230 e. The van der Waals surface area contributed by atoms with Crippen molar-refractivity contribution in [2.24, 2.45) is 0 Å². The first-order valence-electron chi connectivity index (χ1n) is 7.99. The van der Waals surface area contributed by atoms with Gasteiger partial charge in [-0.2, -0.15) is 0 Å². The van der Waals surface area contributed by atoms with E-state index in [1.165, 1.54) is 16.7 Å². The number of nitrogens with one attached hydrogen (secondary N) is 1. The zero-order chi connectivity index (χ0) is 16.2. The van der Waals surface area contributed by atoms with E-state index in [0.717, 1.165) is 29.8 Å². The maximum atomic E-state index is 12.3. The second-order valence-electron chi connectivity index (χ2n) is 6.07. The molecule has 1 aliphatic rings. The standard InChI is InChI=1S/C19H22N2OS/c1-13-5-8-16(9-6-13)23-12-19(22)21-18-4-2-3-14-11-15(20)7-10-17(14)18/h5-11,18H,2-4,12,20H2,1H3,(H,21,22). The normalized spacial score (nSPS) is 16.7. The Morgan fingerprint density at radius 2 is 2.04 bits per heavy atom. The lowest BCUT2D eigenvalue weighted by molar-refractivity contribution is -0.119. The summed E-state index contributed by atoms with van der Waals surface area (Å²) >= 11 is 1.58. The number of carbonyl (C=O) groups is 1. The number of benzene rings is 2. The minimum atomic E-state index is 0.0882. The van der Waals surface area contributed by atoms with Crippen LogP contribution in [0.25, 0.3) is 0 Å². The number of carbonyl (C=O) groups excluding carboxylic acids is 1. The van der Waals surface area contributed by atoms with Gasteiger partial charge in [0, 0.05) is 10.6 Å². The number of thioether (sulfide) groups is 1. The van der Waals surface area contributed by atoms with Crippen LogP contribution in [0, 0.1) is 6.92 Å². The number of nitrogen functional groups attached to an aromatic ring is 1. The van der Waals surface area contributed by atoms with Crippen LogP contribution in [-0.4, -0.2) is 11.7 Å². The number of fused-ring (bicyclic) bond motifs is 1. The minimum absolute atomic E-state index is 0.0882. The Balaban J connectivity index is 1.59. The van der Waals surface area contributed by atoms with Gasteiger partial charge in [-0.05, 0) is 61.6 Å². The van der Waals surface area contributed by atoms with E-state index >= 15 is 0 Å². The van der Waals surface area contributed by atoms with Crippen LogP contribution in [0.2, 0.25) is 0 Å². The Kier molecular flexibility index (Phi) is 4.91. The van der Waals surface area contributed by atoms with E-state index in [1.807, 2.05) is 12.1 Å². The van der Waals surface area contributed by atoms with E-state index in [0.29, 0.717) is 5.75 Å². The minimum Gasteiger partial charge on any atom is -0.399 e. The Hall–Kier alpha value is -1.94. The number of rotatable bonds is 4. The molecule has 120 valence electrons. The van der Waals surface area contributed by atoms with Crippen molar-refractivity contribution in [2.45, 2.75) is 37.1 Å². The average Bonchev–Trinajstić information content (AvgIpc) is 2.54. The van der Waals surface area contributed by atoms with Crippen LogP contribution in [0.1, 0.15) is 35.6 Å². The largest absolute Gasteiger partial charge is 0.399 e. The lowest BCUT2D eigenvalue weighted by atomic mass is 9.87. The summed E-state index contributed by atoms with van der Waals surface area (Å²) in [6, 6.07) is 14.4. The molecular weight excluding hydrogens is 304 g/mol. The molecule has 0 radical (unpaired) electrons. The van der Waals surface area contributed by atoms with Gasteiger partial charge < -0.3 is 11.1 Å². The van der Waals surface area contributed by atoms with Gasteiger partial charge in [-0.1, -0.05) is 23.8 Å². The number of amides is 1. The van der Waals surface area contributed by atoms with E-state index < -0.39 is 0 Å². The van der Waals surface area contributed by atoms with Gasteiger partial charge in [0.15, 0.2) is 0 Å². The Labute approximate surface area is 141 Å². The van der Waals surface area contributed by atoms with Crippen molar-refractivity contribution in [3.05, 3.63) is 59.2 Å². The molecular formula is C19H22N2OS. The number of hydrogen-bond donors (Lipinski definition) is 2. The highest BCUT2D eigenvalue weighted by molar-refractivity contribution is 8.00. The molecule has 0 saturated carbocycles. The summed E-state index contributed by atoms with van der Waals surface area (Å²) in [5.74, 6) is 0.536. The first-order chi connectivity index (χ1) is 11.1. The SMILES string of the molecule is Cc1ccc(SCC(=O)NC2CCCc3cc(N)ccc32)cc1. The summed E-state index contributed by atoms with van der Waals surface area (Å²) in [4.78, 5) is 13.4. The molecule has 1 aliphatic carbocycles. The lowest BCUT2D eigenvalue weighted by Crippen LogP contribution is -2.32. The quantitative estimate of drug-likeness (QED) is 0.662. The van der Waals surface area contributed by atoms with Gasteiger partial charge >= 0.3 is 0 Å². The van der Waals surface area contributed by atoms with E-state index in [1.54, 1.807) is 11.8 Å². The maximum absolute atomic E-state index is 12.3. The maximum Gasteiger partial charge on any atom is 0.230 e. The monoisotopic (exact) mass is 326 g/mol. The van der Waals surface area contributed by atoms with E-state index in [4.69, 9.17) is 5.73 Å². The van der Waals surface area contributed by atoms with Gasteiger partial charge in [0.2, 0.25) is 5.91 Å². The number of aryl methyl sites for hydroxylation is 2. The predicted octanol–water partition coefficient (Wildman–Crippen LogP) is 3.86. The molecule has 0 bridgehead atoms. The third-order valence-corrected chi connectivity index (χ3v) is 5.22. The molecule has 3 rings (SSSR count). The van der Waals surface area contributed by atoms with Crippen molar-refractivity contribution in [3.8, 4) is 0 Å². The second kappa shape index (κ2) is 7.09.